The van der Waals surface area contributed by atoms with Crippen LogP contribution in [0.15, 0.2) is 30.3 Å². The molecule has 0 aromatic heterocycles. The molecule has 2 heteroatoms. The summed E-state index contributed by atoms with van der Waals surface area (Å²) in [6, 6.07) is 10.6. The summed E-state index contributed by atoms with van der Waals surface area (Å²) in [6.45, 7) is 6.22. The van der Waals surface area contributed by atoms with E-state index in [2.05, 4.69) is 56.1 Å². The van der Waals surface area contributed by atoms with E-state index in [1.807, 2.05) is 0 Å². The number of nitrogens with zero attached hydrogens (tertiary/aromatic N) is 1. The summed E-state index contributed by atoms with van der Waals surface area (Å²) in [5, 5.41) is 0. The standard InChI is InChI=1S/C16H28N2/c1-4-5-9-12-16(2,14-17)18(3)13-15-10-7-6-8-11-15/h6-8,10-11H,4-5,9,12-14,17H2,1-3H3. The smallest absolute Gasteiger partial charge is 0.0304 e. The maximum atomic E-state index is 6.00. The van der Waals surface area contributed by atoms with Crippen LogP contribution in [0.4, 0.5) is 0 Å². The van der Waals surface area contributed by atoms with Gasteiger partial charge in [-0.25, -0.2) is 0 Å². The average Bonchev–Trinajstić information content (AvgIpc) is 2.40. The number of hydrogen-bond donors (Lipinski definition) is 1. The number of rotatable bonds is 8. The van der Waals surface area contributed by atoms with Gasteiger partial charge in [0.2, 0.25) is 0 Å². The third-order valence-electron chi connectivity index (χ3n) is 3.94. The zero-order chi connectivity index (χ0) is 13.4. The Morgan fingerprint density at radius 1 is 1.17 bits per heavy atom. The summed E-state index contributed by atoms with van der Waals surface area (Å²) in [4.78, 5) is 2.40. The first-order valence-electron chi connectivity index (χ1n) is 7.07. The average molecular weight is 248 g/mol. The molecule has 0 spiro atoms. The van der Waals surface area contributed by atoms with Crippen LogP contribution in [0.5, 0.6) is 0 Å². The lowest BCUT2D eigenvalue weighted by molar-refractivity contribution is 0.123. The lowest BCUT2D eigenvalue weighted by Crippen LogP contribution is -2.49. The van der Waals surface area contributed by atoms with Crippen molar-refractivity contribution >= 4 is 0 Å². The van der Waals surface area contributed by atoms with E-state index in [-0.39, 0.29) is 5.54 Å². The Balaban J connectivity index is 2.57. The molecule has 1 unspecified atom stereocenters. The Hall–Kier alpha value is -0.860. The van der Waals surface area contributed by atoms with Gasteiger partial charge in [-0.1, -0.05) is 56.5 Å². The van der Waals surface area contributed by atoms with E-state index in [0.29, 0.717) is 0 Å². The van der Waals surface area contributed by atoms with Crippen LogP contribution in [0.1, 0.15) is 45.1 Å². The molecule has 18 heavy (non-hydrogen) atoms. The van der Waals surface area contributed by atoms with Gasteiger partial charge in [0.05, 0.1) is 0 Å². The molecule has 1 aromatic carbocycles. The SMILES string of the molecule is CCCCCC(C)(CN)N(C)Cc1ccccc1. The maximum Gasteiger partial charge on any atom is 0.0304 e. The molecule has 1 rings (SSSR count). The second kappa shape index (κ2) is 7.55. The van der Waals surface area contributed by atoms with Crippen molar-refractivity contribution in [3.05, 3.63) is 35.9 Å². The Bertz CT molecular complexity index is 323. The summed E-state index contributed by atoms with van der Waals surface area (Å²) in [6.07, 6.45) is 5.02. The molecule has 0 radical (unpaired) electrons. The third-order valence-corrected chi connectivity index (χ3v) is 3.94. The van der Waals surface area contributed by atoms with Gasteiger partial charge in [0.1, 0.15) is 0 Å². The van der Waals surface area contributed by atoms with E-state index in [1.54, 1.807) is 0 Å². The number of nitrogens with two attached hydrogens (primary N) is 1. The van der Waals surface area contributed by atoms with Crippen molar-refractivity contribution in [1.29, 1.82) is 0 Å². The highest BCUT2D eigenvalue weighted by atomic mass is 15.2. The highest BCUT2D eigenvalue weighted by Gasteiger charge is 2.26. The van der Waals surface area contributed by atoms with Crippen LogP contribution in [-0.4, -0.2) is 24.0 Å². The first kappa shape index (κ1) is 15.2. The molecule has 2 N–H and O–H groups in total. The molecule has 1 atom stereocenters. The normalized spacial score (nSPS) is 14.7. The van der Waals surface area contributed by atoms with Gasteiger partial charge >= 0.3 is 0 Å². The van der Waals surface area contributed by atoms with Crippen molar-refractivity contribution in [2.45, 2.75) is 51.6 Å². The van der Waals surface area contributed by atoms with Crippen LogP contribution in [-0.2, 0) is 6.54 Å². The van der Waals surface area contributed by atoms with Gasteiger partial charge in [-0.05, 0) is 26.0 Å². The molecular formula is C16H28N2. The Kier molecular flexibility index (Phi) is 6.37. The van der Waals surface area contributed by atoms with Crippen molar-refractivity contribution in [1.82, 2.24) is 4.90 Å². The molecule has 1 aromatic rings. The molecule has 102 valence electrons. The van der Waals surface area contributed by atoms with Gasteiger partial charge in [-0.15, -0.1) is 0 Å². The van der Waals surface area contributed by atoms with E-state index in [4.69, 9.17) is 5.73 Å². The second-order valence-corrected chi connectivity index (χ2v) is 5.50. The topological polar surface area (TPSA) is 29.3 Å². The molecule has 0 saturated carbocycles. The molecular weight excluding hydrogens is 220 g/mol. The lowest BCUT2D eigenvalue weighted by Gasteiger charge is -2.38. The summed E-state index contributed by atoms with van der Waals surface area (Å²) in [7, 11) is 2.19. The van der Waals surface area contributed by atoms with Gasteiger partial charge in [-0.3, -0.25) is 4.90 Å². The zero-order valence-electron chi connectivity index (χ0n) is 12.2. The number of benzene rings is 1. The molecule has 0 heterocycles. The fourth-order valence-electron chi connectivity index (χ4n) is 2.25. The first-order chi connectivity index (χ1) is 8.62. The van der Waals surface area contributed by atoms with E-state index in [1.165, 1.54) is 31.2 Å². The number of hydrogen-bond acceptors (Lipinski definition) is 2. The number of likely N-dealkylation sites (N-methyl/N-ethyl adjacent to an activating group) is 1. The predicted octanol–water partition coefficient (Wildman–Crippen LogP) is 3.42. The van der Waals surface area contributed by atoms with Gasteiger partial charge in [0, 0.05) is 18.6 Å². The Morgan fingerprint density at radius 2 is 1.83 bits per heavy atom. The van der Waals surface area contributed by atoms with Gasteiger partial charge in [0.25, 0.3) is 0 Å². The van der Waals surface area contributed by atoms with E-state index in [9.17, 15) is 0 Å². The fourth-order valence-corrected chi connectivity index (χ4v) is 2.25. The van der Waals surface area contributed by atoms with Crippen molar-refractivity contribution < 1.29 is 0 Å². The molecule has 2 nitrogen and oxygen atoms in total. The Morgan fingerprint density at radius 3 is 2.39 bits per heavy atom. The highest BCUT2D eigenvalue weighted by molar-refractivity contribution is 5.14. The minimum Gasteiger partial charge on any atom is -0.329 e. The fraction of sp³-hybridized carbons (Fsp3) is 0.625. The van der Waals surface area contributed by atoms with Crippen LogP contribution < -0.4 is 5.73 Å². The molecule has 0 saturated heterocycles. The quantitative estimate of drug-likeness (QED) is 0.714. The molecule has 0 aliphatic heterocycles. The summed E-state index contributed by atoms with van der Waals surface area (Å²) in [5.74, 6) is 0. The van der Waals surface area contributed by atoms with Gasteiger partial charge in [-0.2, -0.15) is 0 Å². The highest BCUT2D eigenvalue weighted by Crippen LogP contribution is 2.22. The lowest BCUT2D eigenvalue weighted by atomic mass is 9.92. The van der Waals surface area contributed by atoms with Crippen LogP contribution >= 0.6 is 0 Å². The van der Waals surface area contributed by atoms with Crippen LogP contribution in [0.3, 0.4) is 0 Å². The van der Waals surface area contributed by atoms with Crippen LogP contribution in [0.25, 0.3) is 0 Å². The summed E-state index contributed by atoms with van der Waals surface area (Å²) < 4.78 is 0. The van der Waals surface area contributed by atoms with E-state index >= 15 is 0 Å². The van der Waals surface area contributed by atoms with Crippen LogP contribution in [0, 0.1) is 0 Å². The largest absolute Gasteiger partial charge is 0.329 e. The zero-order valence-corrected chi connectivity index (χ0v) is 12.2. The van der Waals surface area contributed by atoms with Crippen molar-refractivity contribution in [3.63, 3.8) is 0 Å². The van der Waals surface area contributed by atoms with Crippen LogP contribution in [0.2, 0.25) is 0 Å². The maximum absolute atomic E-state index is 6.00. The first-order valence-corrected chi connectivity index (χ1v) is 7.07. The van der Waals surface area contributed by atoms with Crippen molar-refractivity contribution in [2.75, 3.05) is 13.6 Å². The monoisotopic (exact) mass is 248 g/mol. The minimum absolute atomic E-state index is 0.116. The Labute approximate surface area is 112 Å². The number of unbranched alkanes of at least 4 members (excludes halogenated alkanes) is 2. The third kappa shape index (κ3) is 4.43. The van der Waals surface area contributed by atoms with Crippen molar-refractivity contribution in [2.24, 2.45) is 5.73 Å². The summed E-state index contributed by atoms with van der Waals surface area (Å²) in [5.41, 5.74) is 7.47. The molecule has 0 bridgehead atoms. The molecule has 0 amide bonds. The molecule has 0 aliphatic carbocycles. The molecule has 0 aliphatic rings. The minimum atomic E-state index is 0.116. The second-order valence-electron chi connectivity index (χ2n) is 5.50. The van der Waals surface area contributed by atoms with E-state index in [0.717, 1.165) is 13.1 Å². The molecule has 0 fully saturated rings. The van der Waals surface area contributed by atoms with Gasteiger partial charge in [0.15, 0.2) is 0 Å². The summed E-state index contributed by atoms with van der Waals surface area (Å²) >= 11 is 0. The van der Waals surface area contributed by atoms with E-state index < -0.39 is 0 Å². The van der Waals surface area contributed by atoms with Gasteiger partial charge < -0.3 is 5.73 Å². The predicted molar refractivity (Wildman–Crippen MR) is 79.5 cm³/mol. The van der Waals surface area contributed by atoms with Crippen molar-refractivity contribution in [3.8, 4) is 0 Å².